The Labute approximate surface area is 144 Å². The SMILES string of the molecule is COCC1CN(C(=O)c2csc(C)n2)Cc2nnn(CC3CC3)c21. The predicted octanol–water partition coefficient (Wildman–Crippen LogP) is 1.84. The highest BCUT2D eigenvalue weighted by molar-refractivity contribution is 7.09. The molecular formula is C16H21N5O2S. The van der Waals surface area contributed by atoms with Crippen molar-refractivity contribution in [3.8, 4) is 0 Å². The molecule has 4 rings (SSSR count). The Morgan fingerprint density at radius 3 is 2.96 bits per heavy atom. The zero-order valence-electron chi connectivity index (χ0n) is 13.9. The predicted molar refractivity (Wildman–Crippen MR) is 89.0 cm³/mol. The topological polar surface area (TPSA) is 73.1 Å². The van der Waals surface area contributed by atoms with Gasteiger partial charge in [0.05, 0.1) is 23.9 Å². The molecule has 8 heteroatoms. The van der Waals surface area contributed by atoms with E-state index >= 15 is 0 Å². The normalized spacial score (nSPS) is 20.2. The summed E-state index contributed by atoms with van der Waals surface area (Å²) in [5.41, 5.74) is 2.55. The van der Waals surface area contributed by atoms with Gasteiger partial charge in [-0.15, -0.1) is 16.4 Å². The van der Waals surface area contributed by atoms with Gasteiger partial charge >= 0.3 is 0 Å². The fourth-order valence-corrected chi connectivity index (χ4v) is 3.89. The van der Waals surface area contributed by atoms with Crippen LogP contribution in [0.15, 0.2) is 5.38 Å². The lowest BCUT2D eigenvalue weighted by molar-refractivity contribution is 0.0667. The molecule has 1 aliphatic heterocycles. The molecule has 24 heavy (non-hydrogen) atoms. The van der Waals surface area contributed by atoms with Gasteiger partial charge in [0.25, 0.3) is 5.91 Å². The molecule has 2 aromatic heterocycles. The summed E-state index contributed by atoms with van der Waals surface area (Å²) < 4.78 is 7.43. The Morgan fingerprint density at radius 1 is 1.46 bits per heavy atom. The van der Waals surface area contributed by atoms with Gasteiger partial charge in [-0.3, -0.25) is 4.79 Å². The zero-order chi connectivity index (χ0) is 16.7. The lowest BCUT2D eigenvalue weighted by Gasteiger charge is -2.31. The minimum atomic E-state index is -0.0390. The summed E-state index contributed by atoms with van der Waals surface area (Å²) in [5, 5.41) is 11.4. The van der Waals surface area contributed by atoms with E-state index in [0.717, 1.165) is 28.9 Å². The lowest BCUT2D eigenvalue weighted by Crippen LogP contribution is -2.40. The number of thiazole rings is 1. The van der Waals surface area contributed by atoms with Crippen LogP contribution in [0.1, 0.15) is 45.6 Å². The first-order valence-electron chi connectivity index (χ1n) is 8.28. The number of carbonyl (C=O) groups is 1. The van der Waals surface area contributed by atoms with E-state index in [-0.39, 0.29) is 11.8 Å². The molecule has 0 radical (unpaired) electrons. The van der Waals surface area contributed by atoms with Crippen molar-refractivity contribution in [1.82, 2.24) is 24.9 Å². The number of hydrogen-bond donors (Lipinski definition) is 0. The van der Waals surface area contributed by atoms with Crippen molar-refractivity contribution >= 4 is 17.2 Å². The van der Waals surface area contributed by atoms with Crippen LogP contribution in [0.2, 0.25) is 0 Å². The molecule has 1 atom stereocenters. The lowest BCUT2D eigenvalue weighted by atomic mass is 9.98. The number of fused-ring (bicyclic) bond motifs is 1. The summed E-state index contributed by atoms with van der Waals surface area (Å²) in [6.07, 6.45) is 2.55. The summed E-state index contributed by atoms with van der Waals surface area (Å²) in [4.78, 5) is 18.9. The molecule has 0 spiro atoms. The molecule has 1 saturated carbocycles. The first-order valence-corrected chi connectivity index (χ1v) is 9.16. The number of aromatic nitrogens is 4. The molecule has 1 amide bonds. The Bertz CT molecular complexity index is 751. The molecule has 2 aliphatic rings. The molecule has 7 nitrogen and oxygen atoms in total. The minimum absolute atomic E-state index is 0.0390. The second-order valence-electron chi connectivity index (χ2n) is 6.64. The number of aryl methyl sites for hydroxylation is 1. The van der Waals surface area contributed by atoms with Gasteiger partial charge in [0.2, 0.25) is 0 Å². The van der Waals surface area contributed by atoms with Crippen molar-refractivity contribution in [1.29, 1.82) is 0 Å². The van der Waals surface area contributed by atoms with Crippen molar-refractivity contribution in [2.75, 3.05) is 20.3 Å². The molecule has 0 aromatic carbocycles. The number of hydrogen-bond acceptors (Lipinski definition) is 6. The standard InChI is InChI=1S/C16H21N5O2S/c1-10-17-14(9-24-10)16(22)20-6-12(8-23-2)15-13(7-20)18-19-21(15)5-11-3-4-11/h9,11-12H,3-8H2,1-2H3. The number of nitrogens with zero attached hydrogens (tertiary/aromatic N) is 5. The Balaban J connectivity index is 1.59. The highest BCUT2D eigenvalue weighted by Gasteiger charge is 2.35. The first kappa shape index (κ1) is 15.7. The van der Waals surface area contributed by atoms with E-state index in [4.69, 9.17) is 4.74 Å². The van der Waals surface area contributed by atoms with Gasteiger partial charge in [0.1, 0.15) is 11.4 Å². The average Bonchev–Trinajstić information content (AvgIpc) is 3.13. The van der Waals surface area contributed by atoms with Crippen molar-refractivity contribution in [3.05, 3.63) is 27.5 Å². The van der Waals surface area contributed by atoms with E-state index in [0.29, 0.717) is 25.4 Å². The van der Waals surface area contributed by atoms with Gasteiger partial charge in [0.15, 0.2) is 0 Å². The van der Waals surface area contributed by atoms with Crippen molar-refractivity contribution < 1.29 is 9.53 Å². The van der Waals surface area contributed by atoms with E-state index in [2.05, 4.69) is 15.3 Å². The molecule has 0 saturated heterocycles. The molecule has 1 aliphatic carbocycles. The smallest absolute Gasteiger partial charge is 0.273 e. The summed E-state index contributed by atoms with van der Waals surface area (Å²) in [6, 6.07) is 0. The Kier molecular flexibility index (Phi) is 4.09. The van der Waals surface area contributed by atoms with Crippen LogP contribution >= 0.6 is 11.3 Å². The average molecular weight is 347 g/mol. The monoisotopic (exact) mass is 347 g/mol. The second-order valence-corrected chi connectivity index (χ2v) is 7.70. The van der Waals surface area contributed by atoms with Crippen molar-refractivity contribution in [2.24, 2.45) is 5.92 Å². The quantitative estimate of drug-likeness (QED) is 0.825. The summed E-state index contributed by atoms with van der Waals surface area (Å²) in [5.74, 6) is 0.802. The van der Waals surface area contributed by atoms with Gasteiger partial charge < -0.3 is 9.64 Å². The molecule has 1 unspecified atom stereocenters. The van der Waals surface area contributed by atoms with Crippen LogP contribution in [-0.2, 0) is 17.8 Å². The van der Waals surface area contributed by atoms with Crippen LogP contribution in [0, 0.1) is 12.8 Å². The van der Waals surface area contributed by atoms with E-state index in [9.17, 15) is 4.79 Å². The Morgan fingerprint density at radius 2 is 2.29 bits per heavy atom. The van der Waals surface area contributed by atoms with Gasteiger partial charge in [0, 0.05) is 31.5 Å². The Hall–Kier alpha value is -1.80. The van der Waals surface area contributed by atoms with Crippen LogP contribution in [0.3, 0.4) is 0 Å². The van der Waals surface area contributed by atoms with Gasteiger partial charge in [-0.05, 0) is 25.7 Å². The summed E-state index contributed by atoms with van der Waals surface area (Å²) >= 11 is 1.50. The van der Waals surface area contributed by atoms with Gasteiger partial charge in [-0.25, -0.2) is 9.67 Å². The highest BCUT2D eigenvalue weighted by Crippen LogP contribution is 2.34. The van der Waals surface area contributed by atoms with Crippen LogP contribution in [-0.4, -0.2) is 51.0 Å². The number of methoxy groups -OCH3 is 1. The minimum Gasteiger partial charge on any atom is -0.384 e. The van der Waals surface area contributed by atoms with E-state index in [1.807, 2.05) is 21.9 Å². The fourth-order valence-electron chi connectivity index (χ4n) is 3.30. The maximum Gasteiger partial charge on any atom is 0.273 e. The maximum atomic E-state index is 12.7. The fraction of sp³-hybridized carbons (Fsp3) is 0.625. The van der Waals surface area contributed by atoms with Gasteiger partial charge in [-0.2, -0.15) is 0 Å². The first-order chi connectivity index (χ1) is 11.7. The number of rotatable bonds is 5. The molecule has 2 aromatic rings. The highest BCUT2D eigenvalue weighted by atomic mass is 32.1. The molecule has 3 heterocycles. The van der Waals surface area contributed by atoms with Crippen molar-refractivity contribution in [3.63, 3.8) is 0 Å². The van der Waals surface area contributed by atoms with E-state index < -0.39 is 0 Å². The van der Waals surface area contributed by atoms with Crippen LogP contribution < -0.4 is 0 Å². The van der Waals surface area contributed by atoms with Crippen LogP contribution in [0.4, 0.5) is 0 Å². The van der Waals surface area contributed by atoms with Crippen LogP contribution in [0.5, 0.6) is 0 Å². The van der Waals surface area contributed by atoms with Crippen molar-refractivity contribution in [2.45, 2.75) is 38.8 Å². The van der Waals surface area contributed by atoms with E-state index in [1.165, 1.54) is 24.2 Å². The number of ether oxygens (including phenoxy) is 1. The third kappa shape index (κ3) is 2.95. The molecule has 0 N–H and O–H groups in total. The summed E-state index contributed by atoms with van der Waals surface area (Å²) in [7, 11) is 1.69. The number of carbonyl (C=O) groups excluding carboxylic acids is 1. The largest absolute Gasteiger partial charge is 0.384 e. The zero-order valence-corrected chi connectivity index (χ0v) is 14.8. The van der Waals surface area contributed by atoms with Crippen LogP contribution in [0.25, 0.3) is 0 Å². The molecule has 1 fully saturated rings. The molecule has 0 bridgehead atoms. The maximum absolute atomic E-state index is 12.7. The van der Waals surface area contributed by atoms with E-state index in [1.54, 1.807) is 7.11 Å². The third-order valence-electron chi connectivity index (χ3n) is 4.64. The third-order valence-corrected chi connectivity index (χ3v) is 5.41. The second kappa shape index (κ2) is 6.25. The number of amides is 1. The molecular weight excluding hydrogens is 326 g/mol. The summed E-state index contributed by atoms with van der Waals surface area (Å²) in [6.45, 7) is 4.52. The van der Waals surface area contributed by atoms with Gasteiger partial charge in [-0.1, -0.05) is 5.21 Å². The molecule has 128 valence electrons.